The zero-order valence-electron chi connectivity index (χ0n) is 10.0. The van der Waals surface area contributed by atoms with Crippen LogP contribution in [0.5, 0.6) is 0 Å². The van der Waals surface area contributed by atoms with Crippen LogP contribution in [0.3, 0.4) is 0 Å². The van der Waals surface area contributed by atoms with Crippen LogP contribution >= 0.6 is 11.6 Å². The standard InChI is InChI=1S/C12H15ClF3NO/c1-6(2)11(18)10(17)7-4-3-5-8(9(7)13)12(14,15)16/h3-6,10-11,18H,17H2,1-2H3/t10-,11+/m0/s1. The van der Waals surface area contributed by atoms with Gasteiger partial charge in [0.15, 0.2) is 0 Å². The van der Waals surface area contributed by atoms with Crippen molar-refractivity contribution in [2.45, 2.75) is 32.2 Å². The van der Waals surface area contributed by atoms with Gasteiger partial charge in [0.1, 0.15) is 0 Å². The Balaban J connectivity index is 3.19. The van der Waals surface area contributed by atoms with Gasteiger partial charge >= 0.3 is 6.18 Å². The van der Waals surface area contributed by atoms with Gasteiger partial charge in [-0.1, -0.05) is 37.6 Å². The lowest BCUT2D eigenvalue weighted by Crippen LogP contribution is -2.31. The Labute approximate surface area is 109 Å². The van der Waals surface area contributed by atoms with Crippen LogP contribution in [0.1, 0.15) is 31.0 Å². The highest BCUT2D eigenvalue weighted by molar-refractivity contribution is 6.32. The smallest absolute Gasteiger partial charge is 0.391 e. The van der Waals surface area contributed by atoms with Crippen molar-refractivity contribution in [1.82, 2.24) is 0 Å². The van der Waals surface area contributed by atoms with Gasteiger partial charge in [0.2, 0.25) is 0 Å². The molecule has 0 bridgehead atoms. The van der Waals surface area contributed by atoms with E-state index < -0.39 is 28.9 Å². The van der Waals surface area contributed by atoms with Gasteiger partial charge in [0.05, 0.1) is 22.7 Å². The van der Waals surface area contributed by atoms with E-state index in [1.54, 1.807) is 13.8 Å². The number of benzene rings is 1. The molecule has 2 atom stereocenters. The lowest BCUT2D eigenvalue weighted by atomic mass is 9.93. The predicted octanol–water partition coefficient (Wildman–Crippen LogP) is 3.38. The second kappa shape index (κ2) is 5.47. The summed E-state index contributed by atoms with van der Waals surface area (Å²) in [5, 5.41) is 9.35. The van der Waals surface area contributed by atoms with Crippen molar-refractivity contribution in [1.29, 1.82) is 0 Å². The molecule has 1 rings (SSSR count). The molecule has 0 radical (unpaired) electrons. The maximum Gasteiger partial charge on any atom is 0.417 e. The number of aliphatic hydroxyl groups excluding tert-OH is 1. The van der Waals surface area contributed by atoms with E-state index in [0.29, 0.717) is 0 Å². The third kappa shape index (κ3) is 3.16. The Morgan fingerprint density at radius 3 is 2.28 bits per heavy atom. The molecule has 3 N–H and O–H groups in total. The summed E-state index contributed by atoms with van der Waals surface area (Å²) in [7, 11) is 0. The summed E-state index contributed by atoms with van der Waals surface area (Å²) in [6, 6.07) is 2.57. The summed E-state index contributed by atoms with van der Waals surface area (Å²) >= 11 is 5.73. The molecule has 0 fully saturated rings. The van der Waals surface area contributed by atoms with Crippen LogP contribution in [0.25, 0.3) is 0 Å². The summed E-state index contributed by atoms with van der Waals surface area (Å²) in [6.45, 7) is 3.46. The van der Waals surface area contributed by atoms with Gasteiger partial charge in [0, 0.05) is 0 Å². The molecule has 1 aromatic rings. The molecule has 102 valence electrons. The van der Waals surface area contributed by atoms with Crippen LogP contribution in [-0.4, -0.2) is 11.2 Å². The molecular formula is C12H15ClF3NO. The summed E-state index contributed by atoms with van der Waals surface area (Å²) in [5.41, 5.74) is 4.92. The molecule has 0 saturated carbocycles. The average molecular weight is 282 g/mol. The molecule has 0 saturated heterocycles. The number of halogens is 4. The van der Waals surface area contributed by atoms with E-state index in [4.69, 9.17) is 17.3 Å². The zero-order valence-corrected chi connectivity index (χ0v) is 10.8. The molecule has 0 aliphatic rings. The van der Waals surface area contributed by atoms with Crippen LogP contribution in [0.15, 0.2) is 18.2 Å². The van der Waals surface area contributed by atoms with Gasteiger partial charge in [0.25, 0.3) is 0 Å². The summed E-state index contributed by atoms with van der Waals surface area (Å²) in [6.07, 6.45) is -5.48. The van der Waals surface area contributed by atoms with Gasteiger partial charge in [-0.15, -0.1) is 0 Å². The van der Waals surface area contributed by atoms with Crippen LogP contribution in [0, 0.1) is 5.92 Å². The molecule has 0 heterocycles. The number of hydrogen-bond acceptors (Lipinski definition) is 2. The van der Waals surface area contributed by atoms with Gasteiger partial charge in [-0.3, -0.25) is 0 Å². The second-order valence-corrected chi connectivity index (χ2v) is 4.84. The monoisotopic (exact) mass is 281 g/mol. The van der Waals surface area contributed by atoms with Crippen molar-refractivity contribution >= 4 is 11.6 Å². The number of nitrogens with two attached hydrogens (primary N) is 1. The first-order chi connectivity index (χ1) is 8.16. The quantitative estimate of drug-likeness (QED) is 0.892. The SMILES string of the molecule is CC(C)[C@@H](O)[C@@H](N)c1cccc(C(F)(F)F)c1Cl. The Morgan fingerprint density at radius 2 is 1.83 bits per heavy atom. The van der Waals surface area contributed by atoms with E-state index >= 15 is 0 Å². The molecule has 6 heteroatoms. The molecule has 18 heavy (non-hydrogen) atoms. The van der Waals surface area contributed by atoms with Crippen molar-refractivity contribution < 1.29 is 18.3 Å². The Bertz CT molecular complexity index is 420. The largest absolute Gasteiger partial charge is 0.417 e. The number of aliphatic hydroxyl groups is 1. The van der Waals surface area contributed by atoms with Gasteiger partial charge in [-0.25, -0.2) is 0 Å². The second-order valence-electron chi connectivity index (χ2n) is 4.47. The van der Waals surface area contributed by atoms with Crippen molar-refractivity contribution in [2.24, 2.45) is 11.7 Å². The van der Waals surface area contributed by atoms with Crippen LogP contribution in [0.2, 0.25) is 5.02 Å². The number of rotatable bonds is 3. The minimum absolute atomic E-state index is 0.104. The Kier molecular flexibility index (Phi) is 4.64. The van der Waals surface area contributed by atoms with Crippen molar-refractivity contribution in [2.75, 3.05) is 0 Å². The van der Waals surface area contributed by atoms with Crippen LogP contribution in [-0.2, 0) is 6.18 Å². The first kappa shape index (κ1) is 15.3. The zero-order chi connectivity index (χ0) is 14.1. The fraction of sp³-hybridized carbons (Fsp3) is 0.500. The van der Waals surface area contributed by atoms with Crippen LogP contribution in [0.4, 0.5) is 13.2 Å². The van der Waals surface area contributed by atoms with E-state index in [1.807, 2.05) is 0 Å². The summed E-state index contributed by atoms with van der Waals surface area (Å²) in [5.74, 6) is -0.175. The highest BCUT2D eigenvalue weighted by Crippen LogP contribution is 2.38. The molecule has 0 aliphatic heterocycles. The molecule has 2 nitrogen and oxygen atoms in total. The fourth-order valence-corrected chi connectivity index (χ4v) is 1.98. The van der Waals surface area contributed by atoms with E-state index in [0.717, 1.165) is 6.07 Å². The number of alkyl halides is 3. The summed E-state index contributed by atoms with van der Waals surface area (Å²) in [4.78, 5) is 0. The highest BCUT2D eigenvalue weighted by atomic mass is 35.5. The van der Waals surface area contributed by atoms with E-state index in [1.165, 1.54) is 12.1 Å². The minimum Gasteiger partial charge on any atom is -0.391 e. The van der Waals surface area contributed by atoms with Crippen molar-refractivity contribution in [3.05, 3.63) is 34.3 Å². The van der Waals surface area contributed by atoms with Crippen LogP contribution < -0.4 is 5.73 Å². The topological polar surface area (TPSA) is 46.2 Å². The predicted molar refractivity (Wildman–Crippen MR) is 64.2 cm³/mol. The van der Waals surface area contributed by atoms with Gasteiger partial charge < -0.3 is 10.8 Å². The van der Waals surface area contributed by atoms with Crippen molar-refractivity contribution in [3.63, 3.8) is 0 Å². The molecule has 0 spiro atoms. The maximum absolute atomic E-state index is 12.7. The minimum atomic E-state index is -4.53. The Morgan fingerprint density at radius 1 is 1.28 bits per heavy atom. The van der Waals surface area contributed by atoms with Crippen molar-refractivity contribution in [3.8, 4) is 0 Å². The third-order valence-electron chi connectivity index (χ3n) is 2.74. The first-order valence-electron chi connectivity index (χ1n) is 5.45. The fourth-order valence-electron chi connectivity index (χ4n) is 1.62. The molecule has 0 unspecified atom stereocenters. The molecular weight excluding hydrogens is 267 g/mol. The lowest BCUT2D eigenvalue weighted by Gasteiger charge is -2.24. The normalized spacial score (nSPS) is 15.8. The molecule has 0 aliphatic carbocycles. The Hall–Kier alpha value is -0.780. The van der Waals surface area contributed by atoms with E-state index in [2.05, 4.69) is 0 Å². The lowest BCUT2D eigenvalue weighted by molar-refractivity contribution is -0.137. The van der Waals surface area contributed by atoms with Gasteiger partial charge in [-0.05, 0) is 17.5 Å². The van der Waals surface area contributed by atoms with Gasteiger partial charge in [-0.2, -0.15) is 13.2 Å². The first-order valence-corrected chi connectivity index (χ1v) is 5.83. The van der Waals surface area contributed by atoms with E-state index in [9.17, 15) is 18.3 Å². The highest BCUT2D eigenvalue weighted by Gasteiger charge is 2.35. The molecule has 1 aromatic carbocycles. The number of hydrogen-bond donors (Lipinski definition) is 2. The van der Waals surface area contributed by atoms with E-state index in [-0.39, 0.29) is 11.5 Å². The third-order valence-corrected chi connectivity index (χ3v) is 3.17. The summed E-state index contributed by atoms with van der Waals surface area (Å²) < 4.78 is 38.0. The molecule has 0 amide bonds. The maximum atomic E-state index is 12.7. The molecule has 0 aromatic heterocycles. The average Bonchev–Trinajstić information content (AvgIpc) is 2.25.